The van der Waals surface area contributed by atoms with Crippen LogP contribution in [0.15, 0.2) is 24.3 Å². The van der Waals surface area contributed by atoms with Gasteiger partial charge in [-0.1, -0.05) is 44.9 Å². The van der Waals surface area contributed by atoms with Gasteiger partial charge in [0.1, 0.15) is 0 Å². The van der Waals surface area contributed by atoms with Crippen molar-refractivity contribution in [3.63, 3.8) is 0 Å². The largest absolute Gasteiger partial charge is 0.342 e. The van der Waals surface area contributed by atoms with Crippen molar-refractivity contribution in [3.05, 3.63) is 35.4 Å². The van der Waals surface area contributed by atoms with E-state index in [9.17, 15) is 4.79 Å². The number of carbonyl (C=O) groups is 1. The monoisotopic (exact) mass is 272 g/mol. The fraction of sp³-hybridized carbons (Fsp3) is 0.588. The first kappa shape index (κ1) is 13.6. The summed E-state index contributed by atoms with van der Waals surface area (Å²) < 4.78 is 0. The van der Waals surface area contributed by atoms with E-state index in [1.54, 1.807) is 0 Å². The maximum Gasteiger partial charge on any atom is 0.252 e. The summed E-state index contributed by atoms with van der Waals surface area (Å²) in [7, 11) is 0. The van der Waals surface area contributed by atoms with Gasteiger partial charge in [0, 0.05) is 5.56 Å². The molecular weight excluding hydrogens is 248 g/mol. The van der Waals surface area contributed by atoms with Crippen LogP contribution in [-0.2, 0) is 5.54 Å². The molecule has 1 heterocycles. The third kappa shape index (κ3) is 1.80. The van der Waals surface area contributed by atoms with Crippen molar-refractivity contribution in [1.29, 1.82) is 0 Å². The van der Waals surface area contributed by atoms with Gasteiger partial charge in [0.25, 0.3) is 5.91 Å². The van der Waals surface area contributed by atoms with E-state index in [2.05, 4.69) is 25.2 Å². The Labute approximate surface area is 120 Å². The highest BCUT2D eigenvalue weighted by molar-refractivity contribution is 6.00. The summed E-state index contributed by atoms with van der Waals surface area (Å²) in [6.45, 7) is 5.12. The molecule has 1 aromatic rings. The highest BCUT2D eigenvalue weighted by Crippen LogP contribution is 2.52. The van der Waals surface area contributed by atoms with Crippen LogP contribution in [0, 0.1) is 11.3 Å². The lowest BCUT2D eigenvalue weighted by molar-refractivity contribution is 0.0452. The van der Waals surface area contributed by atoms with Crippen molar-refractivity contribution >= 4 is 5.91 Å². The van der Waals surface area contributed by atoms with Gasteiger partial charge in [-0.3, -0.25) is 4.79 Å². The van der Waals surface area contributed by atoms with Crippen LogP contribution in [0.1, 0.15) is 55.5 Å². The Hall–Kier alpha value is -1.35. The second kappa shape index (κ2) is 4.59. The molecule has 1 amide bonds. The molecule has 1 aliphatic heterocycles. The van der Waals surface area contributed by atoms with Gasteiger partial charge in [0.2, 0.25) is 0 Å². The first-order valence-corrected chi connectivity index (χ1v) is 7.63. The van der Waals surface area contributed by atoms with Gasteiger partial charge in [0.05, 0.1) is 5.54 Å². The minimum absolute atomic E-state index is 0.0329. The van der Waals surface area contributed by atoms with Gasteiger partial charge in [-0.15, -0.1) is 0 Å². The summed E-state index contributed by atoms with van der Waals surface area (Å²) in [5.74, 6) is 0.488. The highest BCUT2D eigenvalue weighted by Gasteiger charge is 2.53. The number of rotatable bonds is 2. The zero-order valence-corrected chi connectivity index (χ0v) is 12.4. The summed E-state index contributed by atoms with van der Waals surface area (Å²) >= 11 is 0. The van der Waals surface area contributed by atoms with Crippen molar-refractivity contribution in [1.82, 2.24) is 5.32 Å². The predicted molar refractivity (Wildman–Crippen MR) is 80.4 cm³/mol. The molecule has 0 saturated heterocycles. The van der Waals surface area contributed by atoms with Crippen LogP contribution in [0.5, 0.6) is 0 Å². The molecule has 1 saturated carbocycles. The second-order valence-electron chi connectivity index (χ2n) is 6.96. The van der Waals surface area contributed by atoms with Crippen molar-refractivity contribution in [2.75, 3.05) is 6.54 Å². The smallest absolute Gasteiger partial charge is 0.252 e. The first-order chi connectivity index (χ1) is 9.51. The second-order valence-corrected chi connectivity index (χ2v) is 6.96. The molecule has 2 atom stereocenters. The Morgan fingerprint density at radius 3 is 2.85 bits per heavy atom. The van der Waals surface area contributed by atoms with E-state index < -0.39 is 0 Å². The molecule has 20 heavy (non-hydrogen) atoms. The van der Waals surface area contributed by atoms with Crippen LogP contribution in [0.4, 0.5) is 0 Å². The molecule has 3 heteroatoms. The van der Waals surface area contributed by atoms with Crippen LogP contribution < -0.4 is 11.1 Å². The molecule has 1 spiro atoms. The molecule has 108 valence electrons. The molecule has 3 rings (SSSR count). The van der Waals surface area contributed by atoms with Gasteiger partial charge < -0.3 is 11.1 Å². The molecule has 1 aliphatic carbocycles. The maximum absolute atomic E-state index is 12.4. The summed E-state index contributed by atoms with van der Waals surface area (Å²) in [6, 6.07) is 8.06. The van der Waals surface area contributed by atoms with Gasteiger partial charge >= 0.3 is 0 Å². The van der Waals surface area contributed by atoms with Crippen molar-refractivity contribution < 1.29 is 4.79 Å². The number of amides is 1. The molecule has 2 unspecified atom stereocenters. The molecule has 0 bridgehead atoms. The van der Waals surface area contributed by atoms with Gasteiger partial charge in [0.15, 0.2) is 0 Å². The number of benzene rings is 1. The summed E-state index contributed by atoms with van der Waals surface area (Å²) in [4.78, 5) is 12.4. The molecule has 2 aliphatic rings. The minimum Gasteiger partial charge on any atom is -0.342 e. The Morgan fingerprint density at radius 1 is 1.35 bits per heavy atom. The van der Waals surface area contributed by atoms with Crippen LogP contribution in [0.2, 0.25) is 0 Å². The third-order valence-electron chi connectivity index (χ3n) is 5.37. The van der Waals surface area contributed by atoms with Crippen LogP contribution >= 0.6 is 0 Å². The van der Waals surface area contributed by atoms with Crippen LogP contribution in [0.3, 0.4) is 0 Å². The lowest BCUT2D eigenvalue weighted by Crippen LogP contribution is -2.54. The standard InChI is InChI=1S/C17H24N2O/c1-16(2,11-18)14-9-5-6-10-17(14)13-8-4-3-7-12(13)15(20)19-17/h3-4,7-8,14H,5-6,9-11,18H2,1-2H3,(H,19,20). The Morgan fingerprint density at radius 2 is 2.10 bits per heavy atom. The molecule has 3 nitrogen and oxygen atoms in total. The Balaban J connectivity index is 2.12. The summed E-state index contributed by atoms with van der Waals surface area (Å²) in [5, 5.41) is 3.33. The normalized spacial score (nSPS) is 29.4. The van der Waals surface area contributed by atoms with Crippen molar-refractivity contribution in [2.24, 2.45) is 17.1 Å². The van der Waals surface area contributed by atoms with E-state index >= 15 is 0 Å². The van der Waals surface area contributed by atoms with Crippen LogP contribution in [-0.4, -0.2) is 12.5 Å². The SMILES string of the molecule is CC(C)(CN)C1CCCCC12NC(=O)c1ccccc12. The molecule has 3 N–H and O–H groups in total. The minimum atomic E-state index is -0.200. The Bertz CT molecular complexity index is 538. The number of hydrogen-bond acceptors (Lipinski definition) is 2. The van der Waals surface area contributed by atoms with E-state index in [-0.39, 0.29) is 16.9 Å². The van der Waals surface area contributed by atoms with Crippen LogP contribution in [0.25, 0.3) is 0 Å². The first-order valence-electron chi connectivity index (χ1n) is 7.63. The van der Waals surface area contributed by atoms with E-state index in [1.165, 1.54) is 18.4 Å². The van der Waals surface area contributed by atoms with Crippen molar-refractivity contribution in [3.8, 4) is 0 Å². The number of carbonyl (C=O) groups excluding carboxylic acids is 1. The van der Waals surface area contributed by atoms with E-state index in [0.717, 1.165) is 18.4 Å². The summed E-state index contributed by atoms with van der Waals surface area (Å²) in [5.41, 5.74) is 7.91. The average Bonchev–Trinajstić information content (AvgIpc) is 2.73. The third-order valence-corrected chi connectivity index (χ3v) is 5.37. The average molecular weight is 272 g/mol. The number of fused-ring (bicyclic) bond motifs is 2. The van der Waals surface area contributed by atoms with E-state index in [1.807, 2.05) is 18.2 Å². The molecular formula is C17H24N2O. The van der Waals surface area contributed by atoms with Crippen molar-refractivity contribution in [2.45, 2.75) is 45.1 Å². The number of nitrogens with two attached hydrogens (primary N) is 1. The summed E-state index contributed by atoms with van der Waals surface area (Å²) in [6.07, 6.45) is 4.57. The zero-order chi connectivity index (χ0) is 14.4. The van der Waals surface area contributed by atoms with E-state index in [0.29, 0.717) is 12.5 Å². The fourth-order valence-electron chi connectivity index (χ4n) is 4.25. The topological polar surface area (TPSA) is 55.1 Å². The quantitative estimate of drug-likeness (QED) is 0.870. The van der Waals surface area contributed by atoms with Gasteiger partial charge in [-0.2, -0.15) is 0 Å². The lowest BCUT2D eigenvalue weighted by Gasteiger charge is -2.49. The molecule has 0 radical (unpaired) electrons. The number of nitrogens with one attached hydrogen (secondary N) is 1. The maximum atomic E-state index is 12.4. The molecule has 1 fully saturated rings. The zero-order valence-electron chi connectivity index (χ0n) is 12.4. The molecule has 0 aromatic heterocycles. The molecule has 1 aromatic carbocycles. The Kier molecular flexibility index (Phi) is 3.13. The fourth-order valence-corrected chi connectivity index (χ4v) is 4.25. The van der Waals surface area contributed by atoms with Gasteiger partial charge in [-0.05, 0) is 42.3 Å². The highest BCUT2D eigenvalue weighted by atomic mass is 16.2. The predicted octanol–water partition coefficient (Wildman–Crippen LogP) is 2.80. The number of hydrogen-bond donors (Lipinski definition) is 2. The van der Waals surface area contributed by atoms with Gasteiger partial charge in [-0.25, -0.2) is 0 Å². The van der Waals surface area contributed by atoms with E-state index in [4.69, 9.17) is 5.73 Å². The lowest BCUT2D eigenvalue weighted by atomic mass is 9.59.